The summed E-state index contributed by atoms with van der Waals surface area (Å²) in [5.74, 6) is 0.485. The molecule has 0 amide bonds. The number of hydrogen-bond donors (Lipinski definition) is 2. The fourth-order valence-electron chi connectivity index (χ4n) is 2.30. The maximum absolute atomic E-state index is 11.3. The van der Waals surface area contributed by atoms with Gasteiger partial charge in [0.25, 0.3) is 5.69 Å². The average Bonchev–Trinajstić information content (AvgIpc) is 3.27. The second-order valence-corrected chi connectivity index (χ2v) is 5.64. The third-order valence-corrected chi connectivity index (χ3v) is 3.66. The predicted molar refractivity (Wildman–Crippen MR) is 80.8 cm³/mol. The van der Waals surface area contributed by atoms with E-state index in [0.29, 0.717) is 17.2 Å². The number of anilines is 1. The van der Waals surface area contributed by atoms with Gasteiger partial charge in [0, 0.05) is 24.2 Å². The summed E-state index contributed by atoms with van der Waals surface area (Å²) in [7, 11) is 0. The molecule has 1 aromatic rings. The molecular formula is C14H20N4O3. The minimum Gasteiger partial charge on any atom is -0.409 e. The number of oxime groups is 1. The lowest BCUT2D eigenvalue weighted by molar-refractivity contribution is -0.384. The molecule has 3 N–H and O–H groups in total. The van der Waals surface area contributed by atoms with Gasteiger partial charge in [0.15, 0.2) is 5.84 Å². The predicted octanol–water partition coefficient (Wildman–Crippen LogP) is 2.31. The van der Waals surface area contributed by atoms with Crippen LogP contribution in [0.3, 0.4) is 0 Å². The number of nitro groups is 1. The highest BCUT2D eigenvalue weighted by atomic mass is 16.6. The van der Waals surface area contributed by atoms with E-state index in [-0.39, 0.29) is 17.6 Å². The largest absolute Gasteiger partial charge is 0.409 e. The summed E-state index contributed by atoms with van der Waals surface area (Å²) in [6.45, 7) is 4.86. The molecule has 0 unspecified atom stereocenters. The third-order valence-electron chi connectivity index (χ3n) is 3.66. The van der Waals surface area contributed by atoms with Crippen molar-refractivity contribution >= 4 is 17.2 Å². The highest BCUT2D eigenvalue weighted by Gasteiger charge is 2.29. The first-order valence-electron chi connectivity index (χ1n) is 6.97. The fourth-order valence-corrected chi connectivity index (χ4v) is 2.30. The van der Waals surface area contributed by atoms with E-state index in [1.807, 2.05) is 18.7 Å². The van der Waals surface area contributed by atoms with Gasteiger partial charge >= 0.3 is 0 Å². The molecule has 1 aromatic carbocycles. The lowest BCUT2D eigenvalue weighted by Gasteiger charge is -2.28. The number of nitrogens with two attached hydrogens (primary N) is 1. The molecule has 114 valence electrons. The van der Waals surface area contributed by atoms with E-state index in [1.54, 1.807) is 12.1 Å². The van der Waals surface area contributed by atoms with Crippen LogP contribution in [-0.2, 0) is 0 Å². The Balaban J connectivity index is 2.42. The minimum absolute atomic E-state index is 0.0200. The lowest BCUT2D eigenvalue weighted by Crippen LogP contribution is -2.33. The zero-order valence-electron chi connectivity index (χ0n) is 12.2. The van der Waals surface area contributed by atoms with Gasteiger partial charge < -0.3 is 15.8 Å². The van der Waals surface area contributed by atoms with Crippen LogP contribution < -0.4 is 10.6 Å². The van der Waals surface area contributed by atoms with Crippen molar-refractivity contribution in [3.05, 3.63) is 33.9 Å². The number of hydrogen-bond acceptors (Lipinski definition) is 5. The van der Waals surface area contributed by atoms with Crippen LogP contribution in [0, 0.1) is 16.0 Å². The smallest absolute Gasteiger partial charge is 0.293 e. The van der Waals surface area contributed by atoms with E-state index in [1.165, 1.54) is 18.9 Å². The maximum atomic E-state index is 11.3. The van der Waals surface area contributed by atoms with Crippen molar-refractivity contribution in [2.24, 2.45) is 16.8 Å². The average molecular weight is 292 g/mol. The summed E-state index contributed by atoms with van der Waals surface area (Å²) >= 11 is 0. The summed E-state index contributed by atoms with van der Waals surface area (Å²) < 4.78 is 0. The Morgan fingerprint density at radius 1 is 1.57 bits per heavy atom. The molecule has 0 heterocycles. The monoisotopic (exact) mass is 292 g/mol. The Morgan fingerprint density at radius 2 is 2.24 bits per heavy atom. The summed E-state index contributed by atoms with van der Waals surface area (Å²) in [5, 5.41) is 22.9. The van der Waals surface area contributed by atoms with Gasteiger partial charge in [-0.15, -0.1) is 0 Å². The number of rotatable bonds is 6. The van der Waals surface area contributed by atoms with Crippen LogP contribution in [0.4, 0.5) is 11.4 Å². The van der Waals surface area contributed by atoms with Crippen molar-refractivity contribution in [3.63, 3.8) is 0 Å². The van der Waals surface area contributed by atoms with Gasteiger partial charge in [-0.25, -0.2) is 0 Å². The van der Waals surface area contributed by atoms with Gasteiger partial charge in [0.1, 0.15) is 5.69 Å². The Bertz CT molecular complexity index is 567. The highest BCUT2D eigenvalue weighted by Crippen LogP contribution is 2.36. The topological polar surface area (TPSA) is 105 Å². The molecular weight excluding hydrogens is 272 g/mol. The van der Waals surface area contributed by atoms with Crippen LogP contribution in [0.2, 0.25) is 0 Å². The number of benzene rings is 1. The molecule has 0 saturated heterocycles. The normalized spacial score (nSPS) is 15.3. The SMILES string of the molecule is CC(C)N(CC1CC1)c1ccc(C(N)=NO)cc1[N+](=O)[O-]. The molecule has 2 rings (SSSR count). The molecule has 0 aromatic heterocycles. The number of nitro benzene ring substituents is 1. The van der Waals surface area contributed by atoms with Crippen molar-refractivity contribution < 1.29 is 10.1 Å². The second-order valence-electron chi connectivity index (χ2n) is 5.64. The molecule has 0 radical (unpaired) electrons. The van der Waals surface area contributed by atoms with E-state index < -0.39 is 4.92 Å². The molecule has 1 aliphatic carbocycles. The molecule has 21 heavy (non-hydrogen) atoms. The van der Waals surface area contributed by atoms with Gasteiger partial charge in [-0.3, -0.25) is 10.1 Å². The van der Waals surface area contributed by atoms with Crippen LogP contribution >= 0.6 is 0 Å². The summed E-state index contributed by atoms with van der Waals surface area (Å²) in [4.78, 5) is 13.0. The van der Waals surface area contributed by atoms with Crippen LogP contribution in [0.15, 0.2) is 23.4 Å². The van der Waals surface area contributed by atoms with Gasteiger partial charge in [-0.1, -0.05) is 5.16 Å². The van der Waals surface area contributed by atoms with Gasteiger partial charge in [-0.2, -0.15) is 0 Å². The lowest BCUT2D eigenvalue weighted by atomic mass is 10.1. The molecule has 1 fully saturated rings. The van der Waals surface area contributed by atoms with E-state index in [2.05, 4.69) is 5.16 Å². The Kier molecular flexibility index (Phi) is 4.30. The molecule has 0 aliphatic heterocycles. The van der Waals surface area contributed by atoms with E-state index in [4.69, 9.17) is 10.9 Å². The Hall–Kier alpha value is -2.31. The molecule has 0 atom stereocenters. The summed E-state index contributed by atoms with van der Waals surface area (Å²) in [6, 6.07) is 4.83. The third kappa shape index (κ3) is 3.42. The zero-order valence-corrected chi connectivity index (χ0v) is 12.2. The molecule has 0 bridgehead atoms. The quantitative estimate of drug-likeness (QED) is 0.275. The van der Waals surface area contributed by atoms with Crippen molar-refractivity contribution in [2.75, 3.05) is 11.4 Å². The van der Waals surface area contributed by atoms with E-state index >= 15 is 0 Å². The van der Waals surface area contributed by atoms with Crippen molar-refractivity contribution in [1.29, 1.82) is 0 Å². The molecule has 1 aliphatic rings. The zero-order chi connectivity index (χ0) is 15.6. The van der Waals surface area contributed by atoms with Gasteiger partial charge in [0.2, 0.25) is 0 Å². The van der Waals surface area contributed by atoms with Crippen LogP contribution in [-0.4, -0.2) is 28.6 Å². The Morgan fingerprint density at radius 3 is 2.71 bits per heavy atom. The van der Waals surface area contributed by atoms with Crippen molar-refractivity contribution in [2.45, 2.75) is 32.7 Å². The summed E-state index contributed by atoms with van der Waals surface area (Å²) in [6.07, 6.45) is 2.36. The van der Waals surface area contributed by atoms with Gasteiger partial charge in [-0.05, 0) is 44.7 Å². The Labute approximate surface area is 123 Å². The van der Waals surface area contributed by atoms with Crippen LogP contribution in [0.1, 0.15) is 32.3 Å². The first kappa shape index (κ1) is 15.1. The van der Waals surface area contributed by atoms with Crippen molar-refractivity contribution in [1.82, 2.24) is 0 Å². The standard InChI is InChI=1S/C14H20N4O3/c1-9(2)17(8-10-3-4-10)12-6-5-11(14(15)16-19)7-13(12)18(20)21/h5-7,9-10,19H,3-4,8H2,1-2H3,(H2,15,16). The van der Waals surface area contributed by atoms with Gasteiger partial charge in [0.05, 0.1) is 4.92 Å². The van der Waals surface area contributed by atoms with Crippen molar-refractivity contribution in [3.8, 4) is 0 Å². The molecule has 1 saturated carbocycles. The molecule has 7 heteroatoms. The second kappa shape index (κ2) is 5.99. The first-order valence-corrected chi connectivity index (χ1v) is 6.97. The fraction of sp³-hybridized carbons (Fsp3) is 0.500. The molecule has 0 spiro atoms. The van der Waals surface area contributed by atoms with Crippen LogP contribution in [0.5, 0.6) is 0 Å². The van der Waals surface area contributed by atoms with E-state index in [0.717, 1.165) is 6.54 Å². The first-order chi connectivity index (χ1) is 9.93. The summed E-state index contributed by atoms with van der Waals surface area (Å²) in [5.41, 5.74) is 6.40. The number of amidine groups is 1. The van der Waals surface area contributed by atoms with E-state index in [9.17, 15) is 10.1 Å². The van der Waals surface area contributed by atoms with Crippen LogP contribution in [0.25, 0.3) is 0 Å². The highest BCUT2D eigenvalue weighted by molar-refractivity contribution is 5.98. The maximum Gasteiger partial charge on any atom is 0.293 e. The molecule has 7 nitrogen and oxygen atoms in total. The number of nitrogens with zero attached hydrogens (tertiary/aromatic N) is 3. The minimum atomic E-state index is -0.425.